The highest BCUT2D eigenvalue weighted by molar-refractivity contribution is 7.80. The van der Waals surface area contributed by atoms with Gasteiger partial charge in [0.2, 0.25) is 0 Å². The van der Waals surface area contributed by atoms with Crippen LogP contribution in [-0.2, 0) is 4.74 Å². The zero-order chi connectivity index (χ0) is 8.55. The lowest BCUT2D eigenvalue weighted by atomic mass is 9.99. The van der Waals surface area contributed by atoms with Crippen molar-refractivity contribution in [2.45, 2.75) is 26.2 Å². The van der Waals surface area contributed by atoms with Crippen LogP contribution in [-0.4, -0.2) is 11.5 Å². The maximum Gasteiger partial charge on any atom is 0.101 e. The highest BCUT2D eigenvalue weighted by Crippen LogP contribution is 2.43. The molecule has 0 aromatic rings. The van der Waals surface area contributed by atoms with Crippen LogP contribution in [0.5, 0.6) is 0 Å². The average Bonchev–Trinajstić information content (AvgIpc) is 2.58. The molecule has 0 heterocycles. The van der Waals surface area contributed by atoms with E-state index >= 15 is 0 Å². The Labute approximate surface area is 78.8 Å². The van der Waals surface area contributed by atoms with Gasteiger partial charge in [0.05, 0.1) is 6.61 Å². The van der Waals surface area contributed by atoms with Crippen molar-refractivity contribution in [3.8, 4) is 0 Å². The van der Waals surface area contributed by atoms with Crippen LogP contribution in [0.2, 0.25) is 0 Å². The Hall–Kier alpha value is -0.370. The van der Waals surface area contributed by atoms with E-state index in [0.29, 0.717) is 11.8 Å². The van der Waals surface area contributed by atoms with Crippen LogP contribution in [0.1, 0.15) is 26.2 Å². The molecule has 0 amide bonds. The molecule has 2 aliphatic rings. The van der Waals surface area contributed by atoms with Gasteiger partial charge in [0, 0.05) is 16.7 Å². The first-order chi connectivity index (χ1) is 5.83. The molecule has 2 heteroatoms. The van der Waals surface area contributed by atoms with E-state index in [1.165, 1.54) is 19.3 Å². The fourth-order valence-corrected chi connectivity index (χ4v) is 2.71. The Balaban J connectivity index is 2.14. The zero-order valence-electron chi connectivity index (χ0n) is 7.38. The van der Waals surface area contributed by atoms with Crippen LogP contribution in [0.3, 0.4) is 0 Å². The summed E-state index contributed by atoms with van der Waals surface area (Å²) in [6.45, 7) is 2.81. The molecule has 0 aliphatic heterocycles. The molecule has 1 fully saturated rings. The summed E-state index contributed by atoms with van der Waals surface area (Å²) in [6, 6.07) is 0. The van der Waals surface area contributed by atoms with Crippen LogP contribution < -0.4 is 0 Å². The van der Waals surface area contributed by atoms with E-state index in [-0.39, 0.29) is 0 Å². The first-order valence-electron chi connectivity index (χ1n) is 4.71. The third-order valence-electron chi connectivity index (χ3n) is 2.84. The minimum absolute atomic E-state index is 0.637. The molecular weight excluding hydrogens is 168 g/mol. The van der Waals surface area contributed by atoms with Gasteiger partial charge < -0.3 is 4.74 Å². The Morgan fingerprint density at radius 3 is 3.00 bits per heavy atom. The second kappa shape index (κ2) is 3.17. The number of ether oxygens (including phenoxy) is 1. The number of allylic oxidation sites excluding steroid dienone is 2. The number of hydrogen-bond acceptors (Lipinski definition) is 2. The molecule has 0 saturated heterocycles. The predicted octanol–water partition coefficient (Wildman–Crippen LogP) is 2.71. The maximum atomic E-state index is 5.56. The lowest BCUT2D eigenvalue weighted by molar-refractivity contribution is 0.191. The fourth-order valence-electron chi connectivity index (χ4n) is 2.31. The van der Waals surface area contributed by atoms with Gasteiger partial charge in [0.15, 0.2) is 0 Å². The summed E-state index contributed by atoms with van der Waals surface area (Å²) in [5.41, 5.74) is 0. The SMILES string of the molecule is CCOC1=CC(=S)[C@H]2CCC[C@@H]12. The van der Waals surface area contributed by atoms with E-state index in [1.807, 2.05) is 6.92 Å². The van der Waals surface area contributed by atoms with E-state index in [9.17, 15) is 0 Å². The fraction of sp³-hybridized carbons (Fsp3) is 0.700. The Morgan fingerprint density at radius 2 is 2.25 bits per heavy atom. The van der Waals surface area contributed by atoms with E-state index in [0.717, 1.165) is 17.2 Å². The van der Waals surface area contributed by atoms with Crippen molar-refractivity contribution in [3.05, 3.63) is 11.8 Å². The first kappa shape index (κ1) is 8.24. The summed E-state index contributed by atoms with van der Waals surface area (Å²) in [5, 5.41) is 0. The molecule has 0 radical (unpaired) electrons. The molecular formula is C10H14OS. The molecule has 0 bridgehead atoms. The van der Waals surface area contributed by atoms with Crippen molar-refractivity contribution in [1.82, 2.24) is 0 Å². The molecule has 0 aromatic carbocycles. The van der Waals surface area contributed by atoms with Crippen LogP contribution >= 0.6 is 12.2 Å². The van der Waals surface area contributed by atoms with Crippen molar-refractivity contribution in [2.75, 3.05) is 6.61 Å². The molecule has 2 rings (SSSR count). The quantitative estimate of drug-likeness (QED) is 0.607. The summed E-state index contributed by atoms with van der Waals surface area (Å²) in [6.07, 6.45) is 5.94. The number of fused-ring (bicyclic) bond motifs is 1. The van der Waals surface area contributed by atoms with E-state index < -0.39 is 0 Å². The summed E-state index contributed by atoms with van der Waals surface area (Å²) < 4.78 is 5.56. The monoisotopic (exact) mass is 182 g/mol. The van der Waals surface area contributed by atoms with Crippen molar-refractivity contribution in [2.24, 2.45) is 11.8 Å². The largest absolute Gasteiger partial charge is 0.498 e. The topological polar surface area (TPSA) is 9.23 Å². The van der Waals surface area contributed by atoms with Crippen molar-refractivity contribution in [3.63, 3.8) is 0 Å². The summed E-state index contributed by atoms with van der Waals surface area (Å²) >= 11 is 5.29. The average molecular weight is 182 g/mol. The predicted molar refractivity (Wildman–Crippen MR) is 53.1 cm³/mol. The second-order valence-corrected chi connectivity index (χ2v) is 4.00. The van der Waals surface area contributed by atoms with Crippen LogP contribution in [0.25, 0.3) is 0 Å². The number of rotatable bonds is 2. The van der Waals surface area contributed by atoms with E-state index in [1.54, 1.807) is 0 Å². The molecule has 0 aromatic heterocycles. The van der Waals surface area contributed by atoms with Crippen molar-refractivity contribution >= 4 is 17.1 Å². The second-order valence-electron chi connectivity index (χ2n) is 3.53. The lowest BCUT2D eigenvalue weighted by Gasteiger charge is -2.13. The smallest absolute Gasteiger partial charge is 0.101 e. The Bertz CT molecular complexity index is 232. The summed E-state index contributed by atoms with van der Waals surface area (Å²) in [5.74, 6) is 2.43. The minimum atomic E-state index is 0.637. The van der Waals surface area contributed by atoms with Gasteiger partial charge in [-0.25, -0.2) is 0 Å². The van der Waals surface area contributed by atoms with Crippen LogP contribution in [0, 0.1) is 11.8 Å². The number of hydrogen-bond donors (Lipinski definition) is 0. The van der Waals surface area contributed by atoms with Gasteiger partial charge in [-0.2, -0.15) is 0 Å². The van der Waals surface area contributed by atoms with Crippen molar-refractivity contribution < 1.29 is 4.74 Å². The molecule has 2 aliphatic carbocycles. The lowest BCUT2D eigenvalue weighted by Crippen LogP contribution is -2.09. The third kappa shape index (κ3) is 1.18. The highest BCUT2D eigenvalue weighted by atomic mass is 32.1. The highest BCUT2D eigenvalue weighted by Gasteiger charge is 2.38. The maximum absolute atomic E-state index is 5.56. The minimum Gasteiger partial charge on any atom is -0.498 e. The molecule has 0 N–H and O–H groups in total. The van der Waals surface area contributed by atoms with Gasteiger partial charge in [-0.3, -0.25) is 0 Å². The van der Waals surface area contributed by atoms with E-state index in [4.69, 9.17) is 17.0 Å². The molecule has 0 spiro atoms. The van der Waals surface area contributed by atoms with Gasteiger partial charge in [0.25, 0.3) is 0 Å². The molecule has 12 heavy (non-hydrogen) atoms. The Morgan fingerprint density at radius 1 is 1.50 bits per heavy atom. The third-order valence-corrected chi connectivity index (χ3v) is 3.26. The van der Waals surface area contributed by atoms with Gasteiger partial charge in [-0.1, -0.05) is 18.6 Å². The molecule has 1 nitrogen and oxygen atoms in total. The first-order valence-corrected chi connectivity index (χ1v) is 5.12. The molecule has 0 unspecified atom stereocenters. The van der Waals surface area contributed by atoms with E-state index in [2.05, 4.69) is 6.08 Å². The van der Waals surface area contributed by atoms with Gasteiger partial charge in [0.1, 0.15) is 5.76 Å². The molecule has 2 atom stereocenters. The van der Waals surface area contributed by atoms with Crippen LogP contribution in [0.15, 0.2) is 11.8 Å². The number of thiocarbonyl (C=S) groups is 1. The van der Waals surface area contributed by atoms with Gasteiger partial charge >= 0.3 is 0 Å². The molecule has 66 valence electrons. The normalized spacial score (nSPS) is 33.4. The standard InChI is InChI=1S/C10H14OS/c1-2-11-9-6-10(12)8-5-3-4-7(8)9/h6-8H,2-5H2,1H3/t7-,8+/m1/s1. The van der Waals surface area contributed by atoms with Crippen molar-refractivity contribution in [1.29, 1.82) is 0 Å². The van der Waals surface area contributed by atoms with Gasteiger partial charge in [-0.15, -0.1) is 0 Å². The zero-order valence-corrected chi connectivity index (χ0v) is 8.19. The molecule has 1 saturated carbocycles. The van der Waals surface area contributed by atoms with Gasteiger partial charge in [-0.05, 0) is 25.8 Å². The Kier molecular flexibility index (Phi) is 2.18. The summed E-state index contributed by atoms with van der Waals surface area (Å²) in [7, 11) is 0. The summed E-state index contributed by atoms with van der Waals surface area (Å²) in [4.78, 5) is 1.13. The van der Waals surface area contributed by atoms with Crippen LogP contribution in [0.4, 0.5) is 0 Å².